The fourth-order valence-corrected chi connectivity index (χ4v) is 3.77. The molecule has 0 atom stereocenters. The summed E-state index contributed by atoms with van der Waals surface area (Å²) < 4.78 is 0. The molecule has 0 aliphatic heterocycles. The van der Waals surface area contributed by atoms with Gasteiger partial charge in [-0.1, -0.05) is 56.5 Å². The molecule has 0 saturated heterocycles. The average Bonchev–Trinajstić information content (AvgIpc) is 2.59. The summed E-state index contributed by atoms with van der Waals surface area (Å²) in [5, 5.41) is 8.59. The molecule has 2 rings (SSSR count). The number of nitrogens with zero attached hydrogens (tertiary/aromatic N) is 1. The maximum Gasteiger partial charge on any atom is 0.0908 e. The summed E-state index contributed by atoms with van der Waals surface area (Å²) in [5.74, 6) is 1.58. The smallest absolute Gasteiger partial charge is 0.0908 e. The molecule has 1 fully saturated rings. The van der Waals surface area contributed by atoms with Gasteiger partial charge in [-0.2, -0.15) is 5.26 Å². The lowest BCUT2D eigenvalue weighted by atomic mass is 9.79. The minimum Gasteiger partial charge on any atom is -0.193 e. The second kappa shape index (κ2) is 10.3. The van der Waals surface area contributed by atoms with Gasteiger partial charge in [0.05, 0.1) is 6.07 Å². The first-order valence-electron chi connectivity index (χ1n) is 9.46. The summed E-state index contributed by atoms with van der Waals surface area (Å²) in [6.07, 6.45) is 16.8. The second-order valence-corrected chi connectivity index (χ2v) is 7.08. The summed E-state index contributed by atoms with van der Waals surface area (Å²) in [5.41, 5.74) is 2.97. The molecule has 23 heavy (non-hydrogen) atoms. The van der Waals surface area contributed by atoms with E-state index in [1.54, 1.807) is 6.08 Å². The number of allylic oxidation sites excluding steroid dienone is 2. The van der Waals surface area contributed by atoms with E-state index < -0.39 is 0 Å². The van der Waals surface area contributed by atoms with Crippen LogP contribution in [0, 0.1) is 23.2 Å². The molecule has 1 aliphatic carbocycles. The molecule has 0 spiro atoms. The molecule has 1 heteroatoms. The Morgan fingerprint density at radius 2 is 1.65 bits per heavy atom. The maximum absolute atomic E-state index is 8.59. The predicted molar refractivity (Wildman–Crippen MR) is 98.2 cm³/mol. The summed E-state index contributed by atoms with van der Waals surface area (Å²) in [6, 6.07) is 11.3. The number of unbranched alkanes of at least 4 members (excludes halogenated alkanes) is 1. The summed E-state index contributed by atoms with van der Waals surface area (Å²) >= 11 is 0. The molecule has 0 amide bonds. The van der Waals surface area contributed by atoms with Crippen LogP contribution in [0.15, 0.2) is 36.4 Å². The van der Waals surface area contributed by atoms with E-state index in [0.717, 1.165) is 5.92 Å². The van der Waals surface area contributed by atoms with Gasteiger partial charge in [0.15, 0.2) is 0 Å². The molecule has 1 saturated carbocycles. The zero-order valence-corrected chi connectivity index (χ0v) is 14.6. The summed E-state index contributed by atoms with van der Waals surface area (Å²) in [6.45, 7) is 2.24. The molecule has 1 aliphatic rings. The lowest BCUT2D eigenvalue weighted by molar-refractivity contribution is 0.289. The van der Waals surface area contributed by atoms with Crippen LogP contribution in [0.3, 0.4) is 0 Å². The van der Waals surface area contributed by atoms with E-state index in [1.165, 1.54) is 75.3 Å². The monoisotopic (exact) mass is 309 g/mol. The van der Waals surface area contributed by atoms with Crippen molar-refractivity contribution in [2.75, 3.05) is 0 Å². The highest BCUT2D eigenvalue weighted by Gasteiger charge is 2.18. The van der Waals surface area contributed by atoms with Gasteiger partial charge < -0.3 is 0 Å². The van der Waals surface area contributed by atoms with Crippen molar-refractivity contribution in [3.8, 4) is 6.07 Å². The minimum absolute atomic E-state index is 0.660. The molecule has 0 unspecified atom stereocenters. The van der Waals surface area contributed by atoms with Gasteiger partial charge in [-0.05, 0) is 67.9 Å². The molecule has 0 N–H and O–H groups in total. The van der Waals surface area contributed by atoms with Crippen molar-refractivity contribution in [2.45, 2.75) is 71.1 Å². The molecule has 1 nitrogen and oxygen atoms in total. The summed E-state index contributed by atoms with van der Waals surface area (Å²) in [7, 11) is 0. The van der Waals surface area contributed by atoms with E-state index in [1.807, 2.05) is 0 Å². The van der Waals surface area contributed by atoms with E-state index in [0.29, 0.717) is 5.92 Å². The van der Waals surface area contributed by atoms with Gasteiger partial charge in [0.25, 0.3) is 0 Å². The highest BCUT2D eigenvalue weighted by Crippen LogP contribution is 2.32. The third-order valence-corrected chi connectivity index (χ3v) is 5.22. The lowest BCUT2D eigenvalue weighted by Crippen LogP contribution is -2.13. The Morgan fingerprint density at radius 1 is 1.00 bits per heavy atom. The van der Waals surface area contributed by atoms with Gasteiger partial charge >= 0.3 is 0 Å². The van der Waals surface area contributed by atoms with Gasteiger partial charge in [0, 0.05) is 6.08 Å². The molecule has 1 aromatic rings. The first kappa shape index (κ1) is 17.8. The van der Waals surface area contributed by atoms with Crippen LogP contribution >= 0.6 is 0 Å². The lowest BCUT2D eigenvalue weighted by Gasteiger charge is -2.26. The molecule has 0 bridgehead atoms. The van der Waals surface area contributed by atoms with Crippen molar-refractivity contribution in [3.63, 3.8) is 0 Å². The molecular weight excluding hydrogens is 278 g/mol. The van der Waals surface area contributed by atoms with Crippen molar-refractivity contribution in [3.05, 3.63) is 47.5 Å². The Hall–Kier alpha value is -1.55. The van der Waals surface area contributed by atoms with Crippen molar-refractivity contribution < 1.29 is 0 Å². The summed E-state index contributed by atoms with van der Waals surface area (Å²) in [4.78, 5) is 0. The Morgan fingerprint density at radius 3 is 2.26 bits per heavy atom. The largest absolute Gasteiger partial charge is 0.193 e. The topological polar surface area (TPSA) is 23.8 Å². The first-order chi connectivity index (χ1) is 11.3. The van der Waals surface area contributed by atoms with E-state index >= 15 is 0 Å². The molecule has 0 radical (unpaired) electrons. The minimum atomic E-state index is 0.660. The molecular formula is C22H31N. The Kier molecular flexibility index (Phi) is 7.95. The number of nitriles is 1. The van der Waals surface area contributed by atoms with Gasteiger partial charge in [0.2, 0.25) is 0 Å². The van der Waals surface area contributed by atoms with Gasteiger partial charge in [0.1, 0.15) is 0 Å². The zero-order chi connectivity index (χ0) is 16.3. The predicted octanol–water partition coefficient (Wildman–Crippen LogP) is 6.24. The van der Waals surface area contributed by atoms with Gasteiger partial charge in [-0.25, -0.2) is 0 Å². The van der Waals surface area contributed by atoms with E-state index in [9.17, 15) is 0 Å². The van der Waals surface area contributed by atoms with Crippen LogP contribution in [0.5, 0.6) is 0 Å². The Labute approximate surface area is 142 Å². The van der Waals surface area contributed by atoms with E-state index in [4.69, 9.17) is 5.26 Å². The quantitative estimate of drug-likeness (QED) is 0.412. The van der Waals surface area contributed by atoms with Crippen LogP contribution in [0.25, 0.3) is 0 Å². The standard InChI is InChI=1S/C22H31N/c1-2-6-19-10-12-20(13-11-19)7-3-4-8-21-14-16-22(17-15-21)9-5-18-23/h5,9-13,21-22H,2-4,6-8,14-17H2,1H3/b9-5+/t21-,22-. The van der Waals surface area contributed by atoms with Crippen LogP contribution in [-0.2, 0) is 12.8 Å². The van der Waals surface area contributed by atoms with Crippen LogP contribution < -0.4 is 0 Å². The SMILES string of the molecule is CCCc1ccc(CCCC[C@H]2CC[C@H](/C=C/C#N)CC2)cc1. The van der Waals surface area contributed by atoms with Crippen molar-refractivity contribution in [1.29, 1.82) is 5.26 Å². The molecule has 124 valence electrons. The van der Waals surface area contributed by atoms with Crippen LogP contribution in [-0.4, -0.2) is 0 Å². The Balaban J connectivity index is 1.59. The number of hydrogen-bond acceptors (Lipinski definition) is 1. The van der Waals surface area contributed by atoms with Crippen molar-refractivity contribution >= 4 is 0 Å². The number of aryl methyl sites for hydroxylation is 2. The fourth-order valence-electron chi connectivity index (χ4n) is 3.77. The second-order valence-electron chi connectivity index (χ2n) is 7.08. The number of hydrogen-bond donors (Lipinski definition) is 0. The van der Waals surface area contributed by atoms with Gasteiger partial charge in [-0.3, -0.25) is 0 Å². The number of rotatable bonds is 8. The molecule has 0 heterocycles. The average molecular weight is 309 g/mol. The number of benzene rings is 1. The van der Waals surface area contributed by atoms with Crippen LogP contribution in [0.2, 0.25) is 0 Å². The van der Waals surface area contributed by atoms with Crippen LogP contribution in [0.1, 0.15) is 69.4 Å². The van der Waals surface area contributed by atoms with E-state index in [2.05, 4.69) is 43.3 Å². The fraction of sp³-hybridized carbons (Fsp3) is 0.591. The highest BCUT2D eigenvalue weighted by atomic mass is 14.3. The normalized spacial score (nSPS) is 21.4. The van der Waals surface area contributed by atoms with Crippen LogP contribution in [0.4, 0.5) is 0 Å². The van der Waals surface area contributed by atoms with E-state index in [-0.39, 0.29) is 0 Å². The third-order valence-electron chi connectivity index (χ3n) is 5.22. The first-order valence-corrected chi connectivity index (χ1v) is 9.46. The van der Waals surface area contributed by atoms with Gasteiger partial charge in [-0.15, -0.1) is 0 Å². The highest BCUT2D eigenvalue weighted by molar-refractivity contribution is 5.22. The maximum atomic E-state index is 8.59. The van der Waals surface area contributed by atoms with Crippen molar-refractivity contribution in [2.24, 2.45) is 11.8 Å². The zero-order valence-electron chi connectivity index (χ0n) is 14.6. The molecule has 1 aromatic carbocycles. The Bertz CT molecular complexity index is 498. The molecule has 0 aromatic heterocycles. The third kappa shape index (κ3) is 6.61. The van der Waals surface area contributed by atoms with Crippen molar-refractivity contribution in [1.82, 2.24) is 0 Å².